The number of hydrogen-bond donors (Lipinski definition) is 2. The van der Waals surface area contributed by atoms with Gasteiger partial charge in [-0.2, -0.15) is 4.98 Å². The lowest BCUT2D eigenvalue weighted by Crippen LogP contribution is -2.29. The smallest absolute Gasteiger partial charge is 0.229 e. The fraction of sp³-hybridized carbons (Fsp3) is 0.414. The predicted molar refractivity (Wildman–Crippen MR) is 143 cm³/mol. The number of aliphatic hydroxyl groups is 1. The van der Waals surface area contributed by atoms with Crippen molar-refractivity contribution in [3.05, 3.63) is 70.9 Å². The van der Waals surface area contributed by atoms with E-state index in [0.29, 0.717) is 47.3 Å². The Hall–Kier alpha value is -3.36. The number of pyridine rings is 1. The molecule has 0 amide bonds. The third-order valence-corrected chi connectivity index (χ3v) is 8.23. The molecule has 0 saturated carbocycles. The van der Waals surface area contributed by atoms with E-state index in [0.717, 1.165) is 30.8 Å². The number of nitrogens with zero attached hydrogens (tertiary/aromatic N) is 5. The molecule has 1 aliphatic heterocycles. The molecule has 0 radical (unpaired) electrons. The topological polar surface area (TPSA) is 79.1 Å². The number of anilines is 2. The molecule has 192 valence electrons. The van der Waals surface area contributed by atoms with Gasteiger partial charge in [-0.25, -0.2) is 14.4 Å². The molecule has 0 unspecified atom stereocenters. The van der Waals surface area contributed by atoms with Crippen LogP contribution in [0.5, 0.6) is 0 Å². The van der Waals surface area contributed by atoms with E-state index in [-0.39, 0.29) is 0 Å². The standard InChI is InChI=1S/C29H33FN6O/c1-4-29(37)12-9-20-5-8-25(33-26(20)29)36-17-24(30)23-16-31-28(34-27(23)36)32-21-6-7-22(18(2)15-21)19-10-13-35(3)14-11-19/h5-8,15-17,19,37H,4,9-14H2,1-3H3,(H,31,32,34)/t29-/m1/s1. The largest absolute Gasteiger partial charge is 0.384 e. The molecule has 4 heterocycles. The summed E-state index contributed by atoms with van der Waals surface area (Å²) in [6, 6.07) is 10.2. The van der Waals surface area contributed by atoms with Crippen LogP contribution >= 0.6 is 0 Å². The van der Waals surface area contributed by atoms with Gasteiger partial charge in [-0.3, -0.25) is 4.57 Å². The summed E-state index contributed by atoms with van der Waals surface area (Å²) in [6.07, 6.45) is 7.29. The average Bonchev–Trinajstić information content (AvgIpc) is 3.41. The number of nitrogens with one attached hydrogen (secondary N) is 1. The van der Waals surface area contributed by atoms with Crippen LogP contribution in [0, 0.1) is 12.7 Å². The van der Waals surface area contributed by atoms with Crippen LogP contribution in [0.25, 0.3) is 16.9 Å². The van der Waals surface area contributed by atoms with Gasteiger partial charge >= 0.3 is 0 Å². The first-order chi connectivity index (χ1) is 17.8. The number of benzene rings is 1. The molecule has 1 saturated heterocycles. The Morgan fingerprint density at radius 1 is 1.16 bits per heavy atom. The van der Waals surface area contributed by atoms with E-state index < -0.39 is 11.4 Å². The van der Waals surface area contributed by atoms with Gasteiger partial charge in [-0.05, 0) is 100.0 Å². The molecular formula is C29H33FN6O. The Bertz CT molecular complexity index is 1480. The quantitative estimate of drug-likeness (QED) is 0.384. The van der Waals surface area contributed by atoms with Crippen molar-refractivity contribution in [2.45, 2.75) is 57.5 Å². The van der Waals surface area contributed by atoms with E-state index in [1.54, 1.807) is 4.57 Å². The van der Waals surface area contributed by atoms with E-state index in [1.165, 1.54) is 36.4 Å². The van der Waals surface area contributed by atoms with Crippen LogP contribution in [0.4, 0.5) is 16.0 Å². The number of hydrogen-bond acceptors (Lipinski definition) is 6. The number of rotatable bonds is 5. The molecule has 1 atom stereocenters. The first-order valence-electron chi connectivity index (χ1n) is 13.2. The Morgan fingerprint density at radius 2 is 1.97 bits per heavy atom. The van der Waals surface area contributed by atoms with Crippen molar-refractivity contribution < 1.29 is 9.50 Å². The fourth-order valence-electron chi connectivity index (χ4n) is 5.88. The van der Waals surface area contributed by atoms with Gasteiger partial charge in [0.15, 0.2) is 11.5 Å². The molecule has 1 aliphatic carbocycles. The molecular weight excluding hydrogens is 467 g/mol. The van der Waals surface area contributed by atoms with Gasteiger partial charge in [-0.1, -0.05) is 19.1 Å². The van der Waals surface area contributed by atoms with Gasteiger partial charge < -0.3 is 15.3 Å². The maximum Gasteiger partial charge on any atom is 0.229 e. The molecule has 6 rings (SSSR count). The molecule has 0 spiro atoms. The summed E-state index contributed by atoms with van der Waals surface area (Å²) in [5.41, 5.74) is 4.77. The molecule has 4 aromatic rings. The van der Waals surface area contributed by atoms with E-state index in [1.807, 2.05) is 19.1 Å². The lowest BCUT2D eigenvalue weighted by molar-refractivity contribution is 0.0306. The zero-order valence-electron chi connectivity index (χ0n) is 21.6. The third-order valence-electron chi connectivity index (χ3n) is 8.23. The highest BCUT2D eigenvalue weighted by Crippen LogP contribution is 2.39. The zero-order chi connectivity index (χ0) is 25.7. The van der Waals surface area contributed by atoms with Crippen LogP contribution in [0.2, 0.25) is 0 Å². The minimum atomic E-state index is -0.938. The predicted octanol–water partition coefficient (Wildman–Crippen LogP) is 5.36. The van der Waals surface area contributed by atoms with Crippen LogP contribution in [0.1, 0.15) is 60.9 Å². The van der Waals surface area contributed by atoms with Crippen molar-refractivity contribution in [2.75, 3.05) is 25.5 Å². The molecule has 8 heteroatoms. The summed E-state index contributed by atoms with van der Waals surface area (Å²) in [5.74, 6) is 1.11. The number of halogens is 1. The lowest BCUT2D eigenvalue weighted by Gasteiger charge is -2.30. The van der Waals surface area contributed by atoms with Gasteiger partial charge in [0.2, 0.25) is 5.95 Å². The van der Waals surface area contributed by atoms with Crippen molar-refractivity contribution in [1.82, 2.24) is 24.4 Å². The van der Waals surface area contributed by atoms with Gasteiger partial charge in [0, 0.05) is 18.1 Å². The van der Waals surface area contributed by atoms with Gasteiger partial charge in [0.05, 0.1) is 11.1 Å². The van der Waals surface area contributed by atoms with E-state index in [9.17, 15) is 9.50 Å². The summed E-state index contributed by atoms with van der Waals surface area (Å²) >= 11 is 0. The molecule has 37 heavy (non-hydrogen) atoms. The number of aromatic nitrogens is 4. The van der Waals surface area contributed by atoms with Crippen LogP contribution in [-0.2, 0) is 12.0 Å². The summed E-state index contributed by atoms with van der Waals surface area (Å²) < 4.78 is 16.5. The highest BCUT2D eigenvalue weighted by molar-refractivity contribution is 5.79. The van der Waals surface area contributed by atoms with Crippen LogP contribution in [0.3, 0.4) is 0 Å². The van der Waals surface area contributed by atoms with Crippen molar-refractivity contribution in [1.29, 1.82) is 0 Å². The van der Waals surface area contributed by atoms with E-state index >= 15 is 0 Å². The molecule has 7 nitrogen and oxygen atoms in total. The van der Waals surface area contributed by atoms with Crippen molar-refractivity contribution in [2.24, 2.45) is 0 Å². The summed E-state index contributed by atoms with van der Waals surface area (Å²) in [4.78, 5) is 16.2. The third kappa shape index (κ3) is 4.28. The SMILES string of the molecule is CC[C@@]1(O)CCc2ccc(-n3cc(F)c4cnc(Nc5ccc(C6CCN(C)CC6)c(C)c5)nc43)nc21. The van der Waals surface area contributed by atoms with Crippen molar-refractivity contribution >= 4 is 22.7 Å². The highest BCUT2D eigenvalue weighted by Gasteiger charge is 2.37. The van der Waals surface area contributed by atoms with Crippen LogP contribution in [0.15, 0.2) is 42.7 Å². The average molecular weight is 501 g/mol. The van der Waals surface area contributed by atoms with E-state index in [4.69, 9.17) is 4.98 Å². The van der Waals surface area contributed by atoms with Gasteiger partial charge in [-0.15, -0.1) is 0 Å². The van der Waals surface area contributed by atoms with E-state index in [2.05, 4.69) is 52.4 Å². The Morgan fingerprint density at radius 3 is 2.73 bits per heavy atom. The number of aryl methyl sites for hydroxylation is 2. The highest BCUT2D eigenvalue weighted by atomic mass is 19.1. The molecule has 3 aromatic heterocycles. The Labute approximate surface area is 216 Å². The fourth-order valence-corrected chi connectivity index (χ4v) is 5.88. The van der Waals surface area contributed by atoms with Crippen molar-refractivity contribution in [3.63, 3.8) is 0 Å². The Kier molecular flexibility index (Phi) is 5.96. The first kappa shape index (κ1) is 24.0. The monoisotopic (exact) mass is 500 g/mol. The Balaban J connectivity index is 1.30. The summed E-state index contributed by atoms with van der Waals surface area (Å²) in [7, 11) is 2.18. The second-order valence-electron chi connectivity index (χ2n) is 10.6. The first-order valence-corrected chi connectivity index (χ1v) is 13.2. The molecule has 1 aromatic carbocycles. The van der Waals surface area contributed by atoms with Crippen molar-refractivity contribution in [3.8, 4) is 5.82 Å². The number of likely N-dealkylation sites (tertiary alicyclic amines) is 1. The molecule has 2 N–H and O–H groups in total. The van der Waals surface area contributed by atoms with Crippen LogP contribution < -0.4 is 5.32 Å². The second-order valence-corrected chi connectivity index (χ2v) is 10.6. The summed E-state index contributed by atoms with van der Waals surface area (Å²) in [5, 5.41) is 14.6. The number of piperidine rings is 1. The zero-order valence-corrected chi connectivity index (χ0v) is 21.6. The minimum Gasteiger partial charge on any atom is -0.384 e. The minimum absolute atomic E-state index is 0.326. The summed E-state index contributed by atoms with van der Waals surface area (Å²) in [6.45, 7) is 6.37. The van der Waals surface area contributed by atoms with Gasteiger partial charge in [0.1, 0.15) is 11.4 Å². The maximum atomic E-state index is 14.8. The number of fused-ring (bicyclic) bond motifs is 2. The normalized spacial score (nSPS) is 20.5. The van der Waals surface area contributed by atoms with Crippen LogP contribution in [-0.4, -0.2) is 49.7 Å². The van der Waals surface area contributed by atoms with Gasteiger partial charge in [0.25, 0.3) is 0 Å². The molecule has 1 fully saturated rings. The maximum absolute atomic E-state index is 14.8. The second kappa shape index (κ2) is 9.19. The lowest BCUT2D eigenvalue weighted by atomic mass is 9.87. The molecule has 0 bridgehead atoms. The molecule has 2 aliphatic rings.